The Morgan fingerprint density at radius 2 is 1.12 bits per heavy atom. The molecule has 0 radical (unpaired) electrons. The molecule has 0 bridgehead atoms. The van der Waals surface area contributed by atoms with E-state index in [4.69, 9.17) is 14.8 Å². The highest BCUT2D eigenvalue weighted by molar-refractivity contribution is 6.21. The molecule has 2 saturated carbocycles. The number of rotatable bonds is 9. The lowest BCUT2D eigenvalue weighted by Gasteiger charge is -2.24. The molecule has 0 spiro atoms. The third kappa shape index (κ3) is 6.60. The fraction of sp³-hybridized carbons (Fsp3) is 0.412. The third-order valence-electron chi connectivity index (χ3n) is 9.47. The Morgan fingerprint density at radius 3 is 1.51 bits per heavy atom. The lowest BCUT2D eigenvalue weighted by Crippen LogP contribution is -2.41. The van der Waals surface area contributed by atoms with Crippen LogP contribution in [0.4, 0.5) is 8.78 Å². The number of carbonyl (C=O) groups is 4. The first kappa shape index (κ1) is 35.7. The van der Waals surface area contributed by atoms with Gasteiger partial charge in [-0.15, -0.1) is 12.4 Å². The molecule has 5 heterocycles. The van der Waals surface area contributed by atoms with E-state index in [1.165, 1.54) is 12.1 Å². The summed E-state index contributed by atoms with van der Waals surface area (Å²) in [5, 5.41) is 0. The SMILES string of the molecule is Cl.NC/C(=C\F)Cn1oc2c(c1=O)C(=O)N(C1CC1)CC2.O=C1c2ccccc2C(=O)N1C/C(=C\F)Cn1oc2c(c1=O)C(=O)N(C1CC1)CC2. The molecule has 270 valence electrons. The normalized spacial score (nSPS) is 18.7. The molecule has 51 heavy (non-hydrogen) atoms. The molecule has 0 unspecified atom stereocenters. The first-order valence-corrected chi connectivity index (χ1v) is 16.4. The molecule has 3 aromatic rings. The molecule has 2 fully saturated rings. The zero-order valence-electron chi connectivity index (χ0n) is 27.3. The number of aromatic nitrogens is 2. The van der Waals surface area contributed by atoms with Crippen LogP contribution in [-0.2, 0) is 25.9 Å². The van der Waals surface area contributed by atoms with Gasteiger partial charge in [0.2, 0.25) is 0 Å². The van der Waals surface area contributed by atoms with Gasteiger partial charge in [-0.05, 0) is 43.4 Å². The van der Waals surface area contributed by atoms with E-state index < -0.39 is 22.9 Å². The summed E-state index contributed by atoms with van der Waals surface area (Å²) in [6.45, 7) is 0.387. The molecule has 4 amide bonds. The predicted octanol–water partition coefficient (Wildman–Crippen LogP) is 2.59. The molecular weight excluding hydrogens is 694 g/mol. The van der Waals surface area contributed by atoms with Gasteiger partial charge in [0.1, 0.15) is 11.1 Å². The van der Waals surface area contributed by atoms with E-state index in [1.807, 2.05) is 0 Å². The number of nitrogens with two attached hydrogens (primary N) is 1. The van der Waals surface area contributed by atoms with Gasteiger partial charge in [0.25, 0.3) is 34.7 Å². The van der Waals surface area contributed by atoms with Crippen molar-refractivity contribution in [2.24, 2.45) is 5.73 Å². The second kappa shape index (κ2) is 14.3. The molecule has 1 aromatic carbocycles. The smallest absolute Gasteiger partial charge is 0.295 e. The van der Waals surface area contributed by atoms with Crippen molar-refractivity contribution in [3.8, 4) is 0 Å². The van der Waals surface area contributed by atoms with Crippen LogP contribution >= 0.6 is 12.4 Å². The van der Waals surface area contributed by atoms with Gasteiger partial charge in [0.05, 0.1) is 43.4 Å². The van der Waals surface area contributed by atoms with Crippen LogP contribution < -0.4 is 16.9 Å². The maximum Gasteiger partial charge on any atom is 0.295 e. The van der Waals surface area contributed by atoms with Crippen molar-refractivity contribution in [3.05, 3.63) is 103 Å². The van der Waals surface area contributed by atoms with E-state index in [9.17, 15) is 37.5 Å². The van der Waals surface area contributed by atoms with Gasteiger partial charge in [0, 0.05) is 50.1 Å². The molecule has 5 aliphatic rings. The van der Waals surface area contributed by atoms with Gasteiger partial charge in [-0.2, -0.15) is 9.48 Å². The Labute approximate surface area is 295 Å². The zero-order valence-corrected chi connectivity index (χ0v) is 28.2. The molecular formula is C34H35ClF2N6O8. The number of hydrogen-bond donors (Lipinski definition) is 1. The summed E-state index contributed by atoms with van der Waals surface area (Å²) < 4.78 is 39.0. The second-order valence-corrected chi connectivity index (χ2v) is 12.9. The number of hydrogen-bond acceptors (Lipinski definition) is 9. The average Bonchev–Trinajstić information content (AvgIpc) is 4.06. The van der Waals surface area contributed by atoms with Crippen molar-refractivity contribution in [2.75, 3.05) is 26.2 Å². The van der Waals surface area contributed by atoms with Crippen molar-refractivity contribution in [3.63, 3.8) is 0 Å². The van der Waals surface area contributed by atoms with E-state index in [0.717, 1.165) is 40.1 Å². The summed E-state index contributed by atoms with van der Waals surface area (Å²) in [6.07, 6.45) is 5.43. The number of nitrogens with zero attached hydrogens (tertiary/aromatic N) is 5. The maximum atomic E-state index is 13.6. The number of carbonyl (C=O) groups excluding carboxylic acids is 4. The molecule has 17 heteroatoms. The van der Waals surface area contributed by atoms with E-state index in [1.54, 1.807) is 21.9 Å². The fourth-order valence-electron chi connectivity index (χ4n) is 6.52. The minimum absolute atomic E-state index is 0. The largest absolute Gasteiger partial charge is 0.380 e. The van der Waals surface area contributed by atoms with Crippen molar-refractivity contribution in [1.29, 1.82) is 0 Å². The van der Waals surface area contributed by atoms with Crippen molar-refractivity contribution < 1.29 is 37.0 Å². The van der Waals surface area contributed by atoms with Gasteiger partial charge in [-0.3, -0.25) is 33.7 Å². The van der Waals surface area contributed by atoms with Crippen molar-refractivity contribution in [1.82, 2.24) is 24.2 Å². The first-order valence-electron chi connectivity index (χ1n) is 16.4. The van der Waals surface area contributed by atoms with Crippen LogP contribution in [0.3, 0.4) is 0 Å². The van der Waals surface area contributed by atoms with E-state index in [-0.39, 0.29) is 102 Å². The monoisotopic (exact) mass is 728 g/mol. The minimum atomic E-state index is -0.623. The number of fused-ring (bicyclic) bond motifs is 3. The van der Waals surface area contributed by atoms with Gasteiger partial charge in [0.15, 0.2) is 11.5 Å². The molecule has 2 aromatic heterocycles. The van der Waals surface area contributed by atoms with Crippen LogP contribution in [0.2, 0.25) is 0 Å². The molecule has 3 aliphatic heterocycles. The quantitative estimate of drug-likeness (QED) is 0.325. The highest BCUT2D eigenvalue weighted by atomic mass is 35.5. The summed E-state index contributed by atoms with van der Waals surface area (Å²) >= 11 is 0. The highest BCUT2D eigenvalue weighted by Gasteiger charge is 2.41. The predicted molar refractivity (Wildman–Crippen MR) is 178 cm³/mol. The lowest BCUT2D eigenvalue weighted by molar-refractivity contribution is 0.0659. The Kier molecular flexibility index (Phi) is 9.99. The Bertz CT molecular complexity index is 2050. The Balaban J connectivity index is 0.000000186. The molecule has 8 rings (SSSR count). The van der Waals surface area contributed by atoms with Crippen LogP contribution in [0.1, 0.15) is 78.6 Å². The average molecular weight is 729 g/mol. The summed E-state index contributed by atoms with van der Waals surface area (Å²) in [5.74, 6) is -0.960. The van der Waals surface area contributed by atoms with Gasteiger partial charge in [-0.25, -0.2) is 8.78 Å². The van der Waals surface area contributed by atoms with E-state index in [2.05, 4.69) is 0 Å². The van der Waals surface area contributed by atoms with Crippen molar-refractivity contribution >= 4 is 36.0 Å². The van der Waals surface area contributed by atoms with Crippen LogP contribution in [0.15, 0.2) is 66.7 Å². The van der Waals surface area contributed by atoms with Gasteiger partial charge >= 0.3 is 0 Å². The summed E-state index contributed by atoms with van der Waals surface area (Å²) in [7, 11) is 0. The third-order valence-corrected chi connectivity index (χ3v) is 9.47. The van der Waals surface area contributed by atoms with Crippen LogP contribution in [0.5, 0.6) is 0 Å². The Morgan fingerprint density at radius 1 is 0.686 bits per heavy atom. The van der Waals surface area contributed by atoms with Crippen LogP contribution in [-0.4, -0.2) is 86.1 Å². The number of amides is 4. The molecule has 14 nitrogen and oxygen atoms in total. The fourth-order valence-corrected chi connectivity index (χ4v) is 6.52. The Hall–Kier alpha value is -5.09. The first-order chi connectivity index (χ1) is 24.1. The zero-order chi connectivity index (χ0) is 35.3. The van der Waals surface area contributed by atoms with Crippen LogP contribution in [0, 0.1) is 0 Å². The number of imide groups is 1. The van der Waals surface area contributed by atoms with Gasteiger partial charge < -0.3 is 24.6 Å². The molecule has 0 saturated heterocycles. The highest BCUT2D eigenvalue weighted by Crippen LogP contribution is 2.32. The van der Waals surface area contributed by atoms with Gasteiger partial charge in [-0.1, -0.05) is 12.1 Å². The summed E-state index contributed by atoms with van der Waals surface area (Å²) in [6, 6.07) is 6.82. The second-order valence-electron chi connectivity index (χ2n) is 12.9. The van der Waals surface area contributed by atoms with Crippen molar-refractivity contribution in [2.45, 2.75) is 63.7 Å². The van der Waals surface area contributed by atoms with E-state index >= 15 is 0 Å². The number of halogens is 3. The molecule has 2 aliphatic carbocycles. The molecule has 0 atom stereocenters. The maximum absolute atomic E-state index is 13.6. The molecule has 2 N–H and O–H groups in total. The number of benzene rings is 1. The minimum Gasteiger partial charge on any atom is -0.380 e. The lowest BCUT2D eigenvalue weighted by atomic mass is 10.1. The standard InChI is InChI=1S/C21H18FN3O5.C13H16FN3O3.ClH/c22-9-12(10-24-18(26)14-3-1-2-4-15(14)19(24)27)11-25-21(29)17-16(30-25)7-8-23(20(17)28)13-5-6-13;14-5-8(6-15)7-17-13(19)11-10(20-17)3-4-16(12(11)18)9-1-2-9;/h1-4,9,13H,5-8,10-11H2;5,9H,1-4,6-7,15H2;1H/b12-9+;8-5+;. The summed E-state index contributed by atoms with van der Waals surface area (Å²) in [5.41, 5.74) is 5.10. The van der Waals surface area contributed by atoms with E-state index in [0.29, 0.717) is 43.8 Å². The van der Waals surface area contributed by atoms with Crippen LogP contribution in [0.25, 0.3) is 0 Å². The topological polar surface area (TPSA) is 174 Å². The summed E-state index contributed by atoms with van der Waals surface area (Å²) in [4.78, 5) is 79.2.